The molecule has 0 spiro atoms. The Morgan fingerprint density at radius 2 is 1.86 bits per heavy atom. The Kier molecular flexibility index (Phi) is 3.81. The van der Waals surface area contributed by atoms with Gasteiger partial charge in [-0.2, -0.15) is 5.10 Å². The Bertz CT molecular complexity index is 825. The molecule has 0 atom stereocenters. The largest absolute Gasteiger partial charge is 0.340 e. The number of nitrogens with zero attached hydrogens (tertiary/aromatic N) is 4. The molecule has 3 rings (SSSR count). The highest BCUT2D eigenvalue weighted by Gasteiger charge is 2.07. The van der Waals surface area contributed by atoms with Crippen LogP contribution in [0.15, 0.2) is 36.7 Å². The molecule has 0 radical (unpaired) electrons. The zero-order chi connectivity index (χ0) is 15.7. The van der Waals surface area contributed by atoms with Gasteiger partial charge in [0.25, 0.3) is 0 Å². The van der Waals surface area contributed by atoms with Crippen LogP contribution >= 0.6 is 11.6 Å². The van der Waals surface area contributed by atoms with Crippen LogP contribution in [0.3, 0.4) is 0 Å². The minimum Gasteiger partial charge on any atom is -0.340 e. The van der Waals surface area contributed by atoms with Gasteiger partial charge < -0.3 is 5.32 Å². The maximum absolute atomic E-state index is 6.14. The summed E-state index contributed by atoms with van der Waals surface area (Å²) in [5.74, 6) is 1.42. The first kappa shape index (κ1) is 14.5. The molecule has 0 amide bonds. The van der Waals surface area contributed by atoms with E-state index in [-0.39, 0.29) is 0 Å². The van der Waals surface area contributed by atoms with Gasteiger partial charge in [-0.3, -0.25) is 0 Å². The number of hydrogen-bond acceptors (Lipinski definition) is 4. The van der Waals surface area contributed by atoms with Crippen molar-refractivity contribution in [2.24, 2.45) is 0 Å². The van der Waals surface area contributed by atoms with E-state index in [2.05, 4.69) is 20.4 Å². The van der Waals surface area contributed by atoms with E-state index in [1.54, 1.807) is 4.68 Å². The molecule has 0 bridgehead atoms. The molecule has 22 heavy (non-hydrogen) atoms. The van der Waals surface area contributed by atoms with Crippen molar-refractivity contribution in [2.75, 3.05) is 5.32 Å². The topological polar surface area (TPSA) is 55.6 Å². The summed E-state index contributed by atoms with van der Waals surface area (Å²) in [6, 6.07) is 9.67. The third-order valence-electron chi connectivity index (χ3n) is 3.32. The first-order valence-corrected chi connectivity index (χ1v) is 7.29. The molecule has 0 aliphatic rings. The fraction of sp³-hybridized carbons (Fsp3) is 0.188. The Labute approximate surface area is 134 Å². The lowest BCUT2D eigenvalue weighted by atomic mass is 10.2. The number of benzene rings is 1. The van der Waals surface area contributed by atoms with Crippen LogP contribution in [0.5, 0.6) is 0 Å². The normalized spacial score (nSPS) is 10.7. The van der Waals surface area contributed by atoms with Gasteiger partial charge in [-0.1, -0.05) is 17.7 Å². The lowest BCUT2D eigenvalue weighted by Crippen LogP contribution is -2.04. The molecule has 0 saturated heterocycles. The van der Waals surface area contributed by atoms with Gasteiger partial charge in [0.15, 0.2) is 5.82 Å². The van der Waals surface area contributed by atoms with E-state index < -0.39 is 0 Å². The average Bonchev–Trinajstić information content (AvgIpc) is 2.82. The lowest BCUT2D eigenvalue weighted by molar-refractivity contribution is 0.801. The van der Waals surface area contributed by atoms with Crippen molar-refractivity contribution in [2.45, 2.75) is 20.8 Å². The Balaban J connectivity index is 1.91. The first-order valence-electron chi connectivity index (χ1n) is 6.92. The summed E-state index contributed by atoms with van der Waals surface area (Å²) in [5, 5.41) is 8.38. The molecule has 0 fully saturated rings. The van der Waals surface area contributed by atoms with Crippen LogP contribution in [0.2, 0.25) is 5.02 Å². The predicted molar refractivity (Wildman–Crippen MR) is 88.1 cm³/mol. The van der Waals surface area contributed by atoms with Gasteiger partial charge >= 0.3 is 0 Å². The van der Waals surface area contributed by atoms with Crippen LogP contribution in [0, 0.1) is 20.8 Å². The zero-order valence-electron chi connectivity index (χ0n) is 12.6. The van der Waals surface area contributed by atoms with E-state index >= 15 is 0 Å². The van der Waals surface area contributed by atoms with E-state index in [0.717, 1.165) is 33.5 Å². The minimum atomic E-state index is 0.692. The summed E-state index contributed by atoms with van der Waals surface area (Å²) in [5.41, 5.74) is 3.91. The second kappa shape index (κ2) is 5.77. The molecule has 1 N–H and O–H groups in total. The number of nitrogens with one attached hydrogen (secondary N) is 1. The van der Waals surface area contributed by atoms with Crippen molar-refractivity contribution in [3.63, 3.8) is 0 Å². The maximum Gasteiger partial charge on any atom is 0.159 e. The summed E-state index contributed by atoms with van der Waals surface area (Å²) >= 11 is 6.14. The molecule has 5 nitrogen and oxygen atoms in total. The highest BCUT2D eigenvalue weighted by molar-refractivity contribution is 6.31. The summed E-state index contributed by atoms with van der Waals surface area (Å²) in [4.78, 5) is 8.52. The third kappa shape index (κ3) is 2.94. The second-order valence-corrected chi connectivity index (χ2v) is 5.60. The monoisotopic (exact) mass is 313 g/mol. The van der Waals surface area contributed by atoms with E-state index in [9.17, 15) is 0 Å². The van der Waals surface area contributed by atoms with Crippen molar-refractivity contribution in [1.82, 2.24) is 19.7 Å². The van der Waals surface area contributed by atoms with Crippen molar-refractivity contribution in [3.05, 3.63) is 58.6 Å². The molecule has 0 aliphatic heterocycles. The summed E-state index contributed by atoms with van der Waals surface area (Å²) in [7, 11) is 0. The minimum absolute atomic E-state index is 0.692. The molecular formula is C16H16ClN5. The van der Waals surface area contributed by atoms with Crippen LogP contribution in [0.25, 0.3) is 5.82 Å². The lowest BCUT2D eigenvalue weighted by Gasteiger charge is -2.09. The van der Waals surface area contributed by atoms with Crippen LogP contribution in [0.1, 0.15) is 17.0 Å². The van der Waals surface area contributed by atoms with Gasteiger partial charge in [0.2, 0.25) is 0 Å². The molecule has 112 valence electrons. The quantitative estimate of drug-likeness (QED) is 0.794. The van der Waals surface area contributed by atoms with Crippen molar-refractivity contribution in [1.29, 1.82) is 0 Å². The van der Waals surface area contributed by atoms with Gasteiger partial charge in [0.05, 0.1) is 5.69 Å². The molecule has 0 unspecified atom stereocenters. The van der Waals surface area contributed by atoms with Gasteiger partial charge in [0.1, 0.15) is 12.1 Å². The van der Waals surface area contributed by atoms with Gasteiger partial charge in [-0.15, -0.1) is 0 Å². The van der Waals surface area contributed by atoms with Gasteiger partial charge in [0, 0.05) is 22.5 Å². The van der Waals surface area contributed by atoms with Crippen LogP contribution < -0.4 is 5.32 Å². The maximum atomic E-state index is 6.14. The fourth-order valence-corrected chi connectivity index (χ4v) is 2.39. The number of rotatable bonds is 3. The Morgan fingerprint density at radius 3 is 2.55 bits per heavy atom. The SMILES string of the molecule is Cc1cc(C)n(-c2cc(Nc3ccc(C)c(Cl)c3)ncn2)n1. The molecule has 1 aromatic carbocycles. The van der Waals surface area contributed by atoms with Crippen LogP contribution in [0.4, 0.5) is 11.5 Å². The summed E-state index contributed by atoms with van der Waals surface area (Å²) in [6.45, 7) is 5.92. The van der Waals surface area contributed by atoms with Crippen molar-refractivity contribution < 1.29 is 0 Å². The van der Waals surface area contributed by atoms with Gasteiger partial charge in [-0.25, -0.2) is 14.6 Å². The molecule has 6 heteroatoms. The molecular weight excluding hydrogens is 298 g/mol. The third-order valence-corrected chi connectivity index (χ3v) is 3.73. The summed E-state index contributed by atoms with van der Waals surface area (Å²) in [6.07, 6.45) is 1.52. The predicted octanol–water partition coefficient (Wildman–Crippen LogP) is 3.98. The number of aryl methyl sites for hydroxylation is 3. The van der Waals surface area contributed by atoms with E-state index in [4.69, 9.17) is 11.6 Å². The number of aromatic nitrogens is 4. The molecule has 0 saturated carbocycles. The molecule has 2 heterocycles. The highest BCUT2D eigenvalue weighted by Crippen LogP contribution is 2.23. The Hall–Kier alpha value is -2.40. The van der Waals surface area contributed by atoms with Crippen LogP contribution in [-0.2, 0) is 0 Å². The number of hydrogen-bond donors (Lipinski definition) is 1. The van der Waals surface area contributed by atoms with Gasteiger partial charge in [-0.05, 0) is 44.5 Å². The number of halogens is 1. The first-order chi connectivity index (χ1) is 10.5. The standard InChI is InChI=1S/C16H16ClN5/c1-10-4-5-13(7-14(10)17)20-15-8-16(19-9-18-15)22-12(3)6-11(2)21-22/h4-9H,1-3H3,(H,18,19,20). The van der Waals surface area contributed by atoms with E-state index in [1.807, 2.05) is 51.1 Å². The number of anilines is 2. The van der Waals surface area contributed by atoms with E-state index in [0.29, 0.717) is 5.82 Å². The molecule has 2 aromatic heterocycles. The molecule has 3 aromatic rings. The summed E-state index contributed by atoms with van der Waals surface area (Å²) < 4.78 is 1.80. The second-order valence-electron chi connectivity index (χ2n) is 5.19. The van der Waals surface area contributed by atoms with Crippen molar-refractivity contribution in [3.8, 4) is 5.82 Å². The zero-order valence-corrected chi connectivity index (χ0v) is 13.4. The van der Waals surface area contributed by atoms with Crippen molar-refractivity contribution >= 4 is 23.1 Å². The molecule has 0 aliphatic carbocycles. The van der Waals surface area contributed by atoms with Crippen LogP contribution in [-0.4, -0.2) is 19.7 Å². The highest BCUT2D eigenvalue weighted by atomic mass is 35.5. The Morgan fingerprint density at radius 1 is 1.05 bits per heavy atom. The van der Waals surface area contributed by atoms with E-state index in [1.165, 1.54) is 6.33 Å². The fourth-order valence-electron chi connectivity index (χ4n) is 2.21. The smallest absolute Gasteiger partial charge is 0.159 e. The average molecular weight is 314 g/mol.